The van der Waals surface area contributed by atoms with E-state index in [4.69, 9.17) is 10.5 Å². The molecule has 0 spiro atoms. The molecule has 0 aliphatic carbocycles. The van der Waals surface area contributed by atoms with E-state index in [2.05, 4.69) is 15.2 Å². The normalized spacial score (nSPS) is 11.5. The minimum Gasteiger partial charge on any atom is -0.495 e. The van der Waals surface area contributed by atoms with Gasteiger partial charge in [-0.05, 0) is 30.3 Å². The number of nitrogen functional groups attached to an aromatic ring is 1. The van der Waals surface area contributed by atoms with Crippen molar-refractivity contribution in [2.24, 2.45) is 0 Å². The highest BCUT2D eigenvalue weighted by Crippen LogP contribution is 2.32. The monoisotopic (exact) mass is 334 g/mol. The molecule has 0 radical (unpaired) electrons. The second-order valence-corrected chi connectivity index (χ2v) is 5.04. The molecule has 1 heterocycles. The first-order valence-corrected chi connectivity index (χ1v) is 6.92. The van der Waals surface area contributed by atoms with Gasteiger partial charge in [0.1, 0.15) is 5.75 Å². The van der Waals surface area contributed by atoms with Crippen molar-refractivity contribution >= 4 is 5.69 Å². The molecule has 1 aromatic heterocycles. The largest absolute Gasteiger partial charge is 0.495 e. The number of hydrogen-bond donors (Lipinski definition) is 2. The van der Waals surface area contributed by atoms with Gasteiger partial charge in [0, 0.05) is 11.1 Å². The summed E-state index contributed by atoms with van der Waals surface area (Å²) < 4.78 is 43.5. The zero-order valence-corrected chi connectivity index (χ0v) is 12.6. The van der Waals surface area contributed by atoms with E-state index in [0.29, 0.717) is 22.8 Å². The number of aromatic amines is 1. The summed E-state index contributed by atoms with van der Waals surface area (Å²) in [6, 6.07) is 9.90. The summed E-state index contributed by atoms with van der Waals surface area (Å²) in [6.45, 7) is 0. The molecular weight excluding hydrogens is 321 g/mol. The van der Waals surface area contributed by atoms with Gasteiger partial charge in [0.25, 0.3) is 0 Å². The summed E-state index contributed by atoms with van der Waals surface area (Å²) in [4.78, 5) is 4.24. The number of hydrogen-bond acceptors (Lipinski definition) is 4. The third kappa shape index (κ3) is 3.03. The number of benzene rings is 2. The third-order valence-corrected chi connectivity index (χ3v) is 3.44. The van der Waals surface area contributed by atoms with Crippen molar-refractivity contribution in [2.45, 2.75) is 6.18 Å². The topological polar surface area (TPSA) is 76.8 Å². The van der Waals surface area contributed by atoms with Crippen molar-refractivity contribution in [1.29, 1.82) is 0 Å². The van der Waals surface area contributed by atoms with Crippen LogP contribution in [0.1, 0.15) is 5.56 Å². The molecule has 2 aromatic carbocycles. The lowest BCUT2D eigenvalue weighted by molar-refractivity contribution is -0.137. The maximum atomic E-state index is 12.8. The van der Waals surface area contributed by atoms with Gasteiger partial charge >= 0.3 is 6.18 Å². The molecule has 3 rings (SSSR count). The standard InChI is InChI=1S/C16H13F3N4O/c1-24-13-6-5-10(8-12(13)20)15-21-14(22-23-15)9-3-2-4-11(7-9)16(17,18)19/h2-8H,20H2,1H3,(H,21,22,23). The van der Waals surface area contributed by atoms with Crippen LogP contribution in [0.2, 0.25) is 0 Å². The number of anilines is 1. The first-order valence-electron chi connectivity index (χ1n) is 6.92. The van der Waals surface area contributed by atoms with Crippen LogP contribution in [0.5, 0.6) is 5.75 Å². The minimum atomic E-state index is -4.42. The quantitative estimate of drug-likeness (QED) is 0.715. The molecule has 3 aromatic rings. The molecule has 0 amide bonds. The van der Waals surface area contributed by atoms with Gasteiger partial charge in [0.15, 0.2) is 11.6 Å². The molecule has 0 saturated heterocycles. The third-order valence-electron chi connectivity index (χ3n) is 3.44. The van der Waals surface area contributed by atoms with Gasteiger partial charge in [-0.15, -0.1) is 0 Å². The van der Waals surface area contributed by atoms with Crippen LogP contribution in [-0.2, 0) is 6.18 Å². The maximum absolute atomic E-state index is 12.8. The van der Waals surface area contributed by atoms with Crippen LogP contribution in [0.25, 0.3) is 22.8 Å². The van der Waals surface area contributed by atoms with Crippen LogP contribution in [0, 0.1) is 0 Å². The van der Waals surface area contributed by atoms with Gasteiger partial charge in [-0.25, -0.2) is 4.98 Å². The number of aromatic nitrogens is 3. The van der Waals surface area contributed by atoms with E-state index < -0.39 is 11.7 Å². The molecule has 0 bridgehead atoms. The molecule has 0 fully saturated rings. The maximum Gasteiger partial charge on any atom is 0.416 e. The van der Waals surface area contributed by atoms with Crippen molar-refractivity contribution in [1.82, 2.24) is 15.2 Å². The van der Waals surface area contributed by atoms with Crippen LogP contribution in [-0.4, -0.2) is 22.3 Å². The molecule has 5 nitrogen and oxygen atoms in total. The summed E-state index contributed by atoms with van der Waals surface area (Å²) in [5, 5.41) is 6.69. The first-order chi connectivity index (χ1) is 11.4. The van der Waals surface area contributed by atoms with Gasteiger partial charge in [-0.3, -0.25) is 5.10 Å². The summed E-state index contributed by atoms with van der Waals surface area (Å²) in [7, 11) is 1.51. The molecule has 0 unspecified atom stereocenters. The molecular formula is C16H13F3N4O. The number of nitrogens with zero attached hydrogens (tertiary/aromatic N) is 2. The van der Waals surface area contributed by atoms with Crippen LogP contribution in [0.4, 0.5) is 18.9 Å². The van der Waals surface area contributed by atoms with E-state index in [1.54, 1.807) is 18.2 Å². The number of H-pyrrole nitrogens is 1. The van der Waals surface area contributed by atoms with Crippen LogP contribution < -0.4 is 10.5 Å². The van der Waals surface area contributed by atoms with Gasteiger partial charge < -0.3 is 10.5 Å². The zero-order valence-electron chi connectivity index (χ0n) is 12.6. The first kappa shape index (κ1) is 15.9. The Hall–Kier alpha value is -3.03. The van der Waals surface area contributed by atoms with Crippen LogP contribution in [0.15, 0.2) is 42.5 Å². The minimum absolute atomic E-state index is 0.172. The van der Waals surface area contributed by atoms with Gasteiger partial charge in [-0.1, -0.05) is 12.1 Å². The highest BCUT2D eigenvalue weighted by Gasteiger charge is 2.30. The number of alkyl halides is 3. The van der Waals surface area contributed by atoms with E-state index in [1.807, 2.05) is 0 Å². The van der Waals surface area contributed by atoms with E-state index >= 15 is 0 Å². The molecule has 24 heavy (non-hydrogen) atoms. The van der Waals surface area contributed by atoms with E-state index in [0.717, 1.165) is 12.1 Å². The number of halogens is 3. The number of nitrogens with one attached hydrogen (secondary N) is 1. The van der Waals surface area contributed by atoms with Crippen LogP contribution >= 0.6 is 0 Å². The van der Waals surface area contributed by atoms with E-state index in [9.17, 15) is 13.2 Å². The fraction of sp³-hybridized carbons (Fsp3) is 0.125. The van der Waals surface area contributed by atoms with Gasteiger partial charge in [0.2, 0.25) is 0 Å². The van der Waals surface area contributed by atoms with Gasteiger partial charge in [-0.2, -0.15) is 18.3 Å². The SMILES string of the molecule is COc1ccc(-c2nc(-c3cccc(C(F)(F)F)c3)n[nH]2)cc1N. The molecule has 0 aliphatic rings. The Kier molecular flexibility index (Phi) is 3.88. The predicted octanol–water partition coefficient (Wildman–Crippen LogP) is 3.75. The van der Waals surface area contributed by atoms with Crippen molar-refractivity contribution in [3.05, 3.63) is 48.0 Å². The number of ether oxygens (including phenoxy) is 1. The Bertz CT molecular complexity index is 874. The Morgan fingerprint density at radius 2 is 1.88 bits per heavy atom. The molecule has 0 atom stereocenters. The average molecular weight is 334 g/mol. The fourth-order valence-electron chi connectivity index (χ4n) is 2.24. The fourth-order valence-corrected chi connectivity index (χ4v) is 2.24. The lowest BCUT2D eigenvalue weighted by Gasteiger charge is -2.06. The number of rotatable bonds is 3. The van der Waals surface area contributed by atoms with E-state index in [1.165, 1.54) is 19.2 Å². The lowest BCUT2D eigenvalue weighted by Crippen LogP contribution is -2.04. The van der Waals surface area contributed by atoms with Gasteiger partial charge in [0.05, 0.1) is 18.4 Å². The van der Waals surface area contributed by atoms with Crippen molar-refractivity contribution in [3.8, 4) is 28.5 Å². The second kappa shape index (κ2) is 5.88. The molecule has 3 N–H and O–H groups in total. The highest BCUT2D eigenvalue weighted by molar-refractivity contribution is 5.68. The number of methoxy groups -OCH3 is 1. The van der Waals surface area contributed by atoms with E-state index in [-0.39, 0.29) is 11.4 Å². The molecule has 8 heteroatoms. The summed E-state index contributed by atoms with van der Waals surface area (Å²) in [6.07, 6.45) is -4.42. The Morgan fingerprint density at radius 1 is 1.08 bits per heavy atom. The Morgan fingerprint density at radius 3 is 2.54 bits per heavy atom. The predicted molar refractivity (Wildman–Crippen MR) is 83.2 cm³/mol. The second-order valence-electron chi connectivity index (χ2n) is 5.04. The lowest BCUT2D eigenvalue weighted by atomic mass is 10.1. The zero-order chi connectivity index (χ0) is 17.3. The number of nitrogens with two attached hydrogens (primary N) is 1. The summed E-state index contributed by atoms with van der Waals surface area (Å²) >= 11 is 0. The Labute approximate surface area is 135 Å². The highest BCUT2D eigenvalue weighted by atomic mass is 19.4. The van der Waals surface area contributed by atoms with Crippen molar-refractivity contribution in [3.63, 3.8) is 0 Å². The summed E-state index contributed by atoms with van der Waals surface area (Å²) in [5.74, 6) is 1.10. The smallest absolute Gasteiger partial charge is 0.416 e. The average Bonchev–Trinajstić information content (AvgIpc) is 3.04. The Balaban J connectivity index is 1.95. The summed E-state index contributed by atoms with van der Waals surface area (Å²) in [5.41, 5.74) is 6.44. The molecule has 124 valence electrons. The molecule has 0 aliphatic heterocycles. The molecule has 0 saturated carbocycles. The van der Waals surface area contributed by atoms with Crippen molar-refractivity contribution < 1.29 is 17.9 Å². The van der Waals surface area contributed by atoms with Crippen molar-refractivity contribution in [2.75, 3.05) is 12.8 Å². The van der Waals surface area contributed by atoms with Crippen LogP contribution in [0.3, 0.4) is 0 Å².